The second-order valence-electron chi connectivity index (χ2n) is 4.87. The molecule has 0 aromatic rings. The van der Waals surface area contributed by atoms with Crippen LogP contribution in [0.25, 0.3) is 0 Å². The number of rotatable bonds is 3. The Morgan fingerprint density at radius 2 is 1.81 bits per heavy atom. The van der Waals surface area contributed by atoms with Crippen LogP contribution in [0.3, 0.4) is 0 Å². The number of amides is 1. The largest absolute Gasteiger partial charge is 0.444 e. The molecule has 0 aromatic carbocycles. The van der Waals surface area contributed by atoms with Crippen LogP contribution in [0.2, 0.25) is 0 Å². The number of hydrogen-bond donors (Lipinski definition) is 1. The number of carbonyl (C=O) groups is 1. The van der Waals surface area contributed by atoms with Gasteiger partial charge in [-0.25, -0.2) is 4.79 Å². The lowest BCUT2D eigenvalue weighted by atomic mass is 10.1. The Bertz CT molecular complexity index is 266. The summed E-state index contributed by atoms with van der Waals surface area (Å²) in [5.41, 5.74) is -0.471. The van der Waals surface area contributed by atoms with E-state index in [1.54, 1.807) is 0 Å². The van der Waals surface area contributed by atoms with Crippen molar-refractivity contribution in [2.45, 2.75) is 46.3 Å². The topological polar surface area (TPSA) is 38.3 Å². The van der Waals surface area contributed by atoms with Crippen LogP contribution in [0.1, 0.15) is 34.6 Å². The number of nitrogens with one attached hydrogen (secondary N) is 1. The van der Waals surface area contributed by atoms with Gasteiger partial charge in [0, 0.05) is 0 Å². The van der Waals surface area contributed by atoms with Gasteiger partial charge in [0.1, 0.15) is 5.60 Å². The predicted molar refractivity (Wildman–Crippen MR) is 73.9 cm³/mol. The molecule has 0 saturated heterocycles. The molecule has 0 aliphatic heterocycles. The van der Waals surface area contributed by atoms with Gasteiger partial charge in [0.05, 0.1) is 9.43 Å². The third-order valence-electron chi connectivity index (χ3n) is 1.71. The fourth-order valence-electron chi connectivity index (χ4n) is 0.980. The molecule has 0 saturated carbocycles. The fraction of sp³-hybridized carbons (Fsp3) is 0.727. The van der Waals surface area contributed by atoms with Gasteiger partial charge in [0.15, 0.2) is 0 Å². The summed E-state index contributed by atoms with van der Waals surface area (Å²) in [5.74, 6) is 0.289. The first-order valence-electron chi connectivity index (χ1n) is 5.14. The molecule has 1 N–H and O–H groups in total. The van der Waals surface area contributed by atoms with Crippen LogP contribution in [0.4, 0.5) is 4.79 Å². The zero-order valence-electron chi connectivity index (χ0n) is 10.3. The monoisotopic (exact) mass is 355 g/mol. The van der Waals surface area contributed by atoms with Crippen LogP contribution in [-0.2, 0) is 4.74 Å². The number of carbonyl (C=O) groups excluding carboxylic acids is 1. The van der Waals surface area contributed by atoms with Crippen molar-refractivity contribution in [3.63, 3.8) is 0 Å². The minimum absolute atomic E-state index is 0.0661. The molecule has 0 fully saturated rings. The van der Waals surface area contributed by atoms with Crippen molar-refractivity contribution < 1.29 is 9.53 Å². The first kappa shape index (κ1) is 16.0. The molecule has 16 heavy (non-hydrogen) atoms. The number of alkyl carbamates (subject to hydrolysis) is 1. The Morgan fingerprint density at radius 3 is 2.12 bits per heavy atom. The van der Waals surface area contributed by atoms with E-state index < -0.39 is 11.7 Å². The summed E-state index contributed by atoms with van der Waals surface area (Å²) >= 11 is 6.56. The van der Waals surface area contributed by atoms with Crippen LogP contribution >= 0.6 is 31.9 Å². The molecular weight excluding hydrogens is 338 g/mol. The molecule has 0 aromatic heterocycles. The van der Waals surface area contributed by atoms with Crippen molar-refractivity contribution in [2.24, 2.45) is 5.92 Å². The van der Waals surface area contributed by atoms with Gasteiger partial charge in [-0.1, -0.05) is 13.8 Å². The van der Waals surface area contributed by atoms with E-state index in [4.69, 9.17) is 4.74 Å². The van der Waals surface area contributed by atoms with Gasteiger partial charge in [-0.3, -0.25) is 0 Å². The molecule has 5 heteroatoms. The summed E-state index contributed by atoms with van der Waals surface area (Å²) in [6, 6.07) is -0.0661. The zero-order valence-corrected chi connectivity index (χ0v) is 13.5. The Hall–Kier alpha value is -0.0300. The first-order valence-corrected chi connectivity index (χ1v) is 6.73. The average Bonchev–Trinajstić information content (AvgIpc) is 1.97. The quantitative estimate of drug-likeness (QED) is 0.824. The Morgan fingerprint density at radius 1 is 1.31 bits per heavy atom. The van der Waals surface area contributed by atoms with Gasteiger partial charge in [0.2, 0.25) is 0 Å². The smallest absolute Gasteiger partial charge is 0.408 e. The zero-order chi connectivity index (χ0) is 12.9. The molecule has 1 atom stereocenters. The molecule has 0 aliphatic rings. The van der Waals surface area contributed by atoms with Crippen molar-refractivity contribution in [3.8, 4) is 0 Å². The summed E-state index contributed by atoms with van der Waals surface area (Å²) in [4.78, 5) is 11.6. The number of ether oxygens (including phenoxy) is 1. The van der Waals surface area contributed by atoms with Crippen LogP contribution in [-0.4, -0.2) is 17.7 Å². The minimum atomic E-state index is -0.471. The third kappa shape index (κ3) is 8.16. The SMILES string of the molecule is CC(C)[C@@H](C=C(Br)Br)NC(=O)OC(C)(C)C. The summed E-state index contributed by atoms with van der Waals surface area (Å²) < 4.78 is 6.00. The summed E-state index contributed by atoms with van der Waals surface area (Å²) in [7, 11) is 0. The third-order valence-corrected chi connectivity index (χ3v) is 2.24. The number of halogens is 2. The lowest BCUT2D eigenvalue weighted by Gasteiger charge is -2.24. The highest BCUT2D eigenvalue weighted by atomic mass is 79.9. The van der Waals surface area contributed by atoms with Crippen molar-refractivity contribution in [1.82, 2.24) is 5.32 Å². The summed E-state index contributed by atoms with van der Waals surface area (Å²) in [6.07, 6.45) is 1.48. The molecule has 1 amide bonds. The first-order chi connectivity index (χ1) is 7.11. The molecule has 0 radical (unpaired) electrons. The van der Waals surface area contributed by atoms with Crippen molar-refractivity contribution >= 4 is 38.0 Å². The van der Waals surface area contributed by atoms with Gasteiger partial charge in [-0.05, 0) is 64.6 Å². The van der Waals surface area contributed by atoms with E-state index in [9.17, 15) is 4.79 Å². The van der Waals surface area contributed by atoms with Gasteiger partial charge in [-0.2, -0.15) is 0 Å². The molecule has 3 nitrogen and oxygen atoms in total. The molecule has 0 spiro atoms. The Labute approximate surface area is 114 Å². The van der Waals surface area contributed by atoms with Crippen molar-refractivity contribution in [3.05, 3.63) is 9.47 Å². The van der Waals surface area contributed by atoms with E-state index in [1.807, 2.05) is 40.7 Å². The molecule has 0 aliphatic carbocycles. The van der Waals surface area contributed by atoms with E-state index in [-0.39, 0.29) is 12.0 Å². The van der Waals surface area contributed by atoms with Gasteiger partial charge in [0.25, 0.3) is 0 Å². The lowest BCUT2D eigenvalue weighted by Crippen LogP contribution is -2.40. The Kier molecular flexibility index (Phi) is 6.63. The summed E-state index contributed by atoms with van der Waals surface area (Å²) in [6.45, 7) is 9.58. The maximum Gasteiger partial charge on any atom is 0.408 e. The van der Waals surface area contributed by atoms with Gasteiger partial charge >= 0.3 is 6.09 Å². The second-order valence-corrected chi connectivity index (χ2v) is 7.65. The fourth-order valence-corrected chi connectivity index (χ4v) is 1.55. The normalized spacial score (nSPS) is 13.2. The van der Waals surface area contributed by atoms with Crippen LogP contribution in [0, 0.1) is 5.92 Å². The molecule has 0 bridgehead atoms. The van der Waals surface area contributed by atoms with Crippen molar-refractivity contribution in [1.29, 1.82) is 0 Å². The van der Waals surface area contributed by atoms with Gasteiger partial charge < -0.3 is 10.1 Å². The highest BCUT2D eigenvalue weighted by Crippen LogP contribution is 2.17. The molecule has 0 rings (SSSR count). The van der Waals surface area contributed by atoms with Crippen LogP contribution < -0.4 is 5.32 Å². The second kappa shape index (κ2) is 6.64. The molecule has 94 valence electrons. The van der Waals surface area contributed by atoms with Crippen LogP contribution in [0.15, 0.2) is 9.47 Å². The maximum atomic E-state index is 11.6. The highest BCUT2D eigenvalue weighted by molar-refractivity contribution is 9.28. The highest BCUT2D eigenvalue weighted by Gasteiger charge is 2.20. The van der Waals surface area contributed by atoms with E-state index >= 15 is 0 Å². The average molecular weight is 357 g/mol. The molecular formula is C11H19Br2NO2. The van der Waals surface area contributed by atoms with E-state index in [1.165, 1.54) is 0 Å². The Balaban J connectivity index is 4.42. The minimum Gasteiger partial charge on any atom is -0.444 e. The lowest BCUT2D eigenvalue weighted by molar-refractivity contribution is 0.0504. The number of hydrogen-bond acceptors (Lipinski definition) is 2. The van der Waals surface area contributed by atoms with E-state index in [0.717, 1.165) is 3.39 Å². The molecule has 0 unspecified atom stereocenters. The maximum absolute atomic E-state index is 11.6. The van der Waals surface area contributed by atoms with Crippen LogP contribution in [0.5, 0.6) is 0 Å². The van der Waals surface area contributed by atoms with E-state index in [0.29, 0.717) is 0 Å². The van der Waals surface area contributed by atoms with Crippen molar-refractivity contribution in [2.75, 3.05) is 0 Å². The standard InChI is InChI=1S/C11H19Br2NO2/c1-7(2)8(6-9(12)13)14-10(15)16-11(3,4)5/h6-8H,1-5H3,(H,14,15)/t8-/m1/s1. The predicted octanol–water partition coefficient (Wildman–Crippen LogP) is 4.17. The molecule has 0 heterocycles. The summed E-state index contributed by atoms with van der Waals surface area (Å²) in [5, 5.41) is 2.81. The van der Waals surface area contributed by atoms with Gasteiger partial charge in [-0.15, -0.1) is 0 Å². The van der Waals surface area contributed by atoms with E-state index in [2.05, 4.69) is 37.2 Å².